The minimum atomic E-state index is 0.502. The summed E-state index contributed by atoms with van der Waals surface area (Å²) in [6, 6.07) is 10.2. The lowest BCUT2D eigenvalue weighted by atomic mass is 10.0. The van der Waals surface area contributed by atoms with Gasteiger partial charge in [0.15, 0.2) is 0 Å². The van der Waals surface area contributed by atoms with Gasteiger partial charge in [-0.05, 0) is 68.2 Å². The Morgan fingerprint density at radius 2 is 1.89 bits per heavy atom. The Bertz CT molecular complexity index is 903. The number of ether oxygens (including phenoxy) is 1. The van der Waals surface area contributed by atoms with Crippen LogP contribution in [0.4, 0.5) is 0 Å². The molecule has 0 bridgehead atoms. The maximum absolute atomic E-state index is 9.14. The predicted molar refractivity (Wildman–Crippen MR) is 109 cm³/mol. The van der Waals surface area contributed by atoms with Crippen molar-refractivity contribution in [1.82, 2.24) is 4.90 Å². The fourth-order valence-corrected chi connectivity index (χ4v) is 3.76. The zero-order chi connectivity index (χ0) is 19.9. The van der Waals surface area contributed by atoms with E-state index < -0.39 is 0 Å². The van der Waals surface area contributed by atoms with E-state index >= 15 is 0 Å². The van der Waals surface area contributed by atoms with Crippen LogP contribution in [-0.4, -0.2) is 30.6 Å². The zero-order valence-corrected chi connectivity index (χ0v) is 16.5. The first-order valence-electron chi connectivity index (χ1n) is 9.69. The molecule has 1 aliphatic heterocycles. The second-order valence-corrected chi connectivity index (χ2v) is 7.58. The summed E-state index contributed by atoms with van der Waals surface area (Å²) in [6.45, 7) is 6.94. The third kappa shape index (κ3) is 5.24. The number of nitrogens with zero attached hydrogens (tertiary/aromatic N) is 3. The van der Waals surface area contributed by atoms with Crippen LogP contribution in [0.15, 0.2) is 59.6 Å². The SMILES string of the molecule is CC1=CC=C(OC[C@H]2C[C@@H](C)N(CCc3cc(C#N)cc(C#N)c3)C2)C=C=C1. The van der Waals surface area contributed by atoms with E-state index in [4.69, 9.17) is 15.3 Å². The normalized spacial score (nSPS) is 21.4. The Morgan fingerprint density at radius 3 is 2.61 bits per heavy atom. The monoisotopic (exact) mass is 371 g/mol. The molecule has 1 aromatic carbocycles. The van der Waals surface area contributed by atoms with E-state index in [1.54, 1.807) is 6.07 Å². The van der Waals surface area contributed by atoms with Gasteiger partial charge in [0.05, 0.1) is 29.9 Å². The van der Waals surface area contributed by atoms with Crippen LogP contribution in [0.25, 0.3) is 0 Å². The van der Waals surface area contributed by atoms with E-state index in [0.717, 1.165) is 42.8 Å². The summed E-state index contributed by atoms with van der Waals surface area (Å²) in [5.41, 5.74) is 6.45. The average Bonchev–Trinajstić information content (AvgIpc) is 2.92. The number of allylic oxidation sites excluding steroid dienone is 4. The predicted octanol–water partition coefficient (Wildman–Crippen LogP) is 4.25. The van der Waals surface area contributed by atoms with Gasteiger partial charge in [0.1, 0.15) is 5.76 Å². The van der Waals surface area contributed by atoms with Crippen molar-refractivity contribution in [3.8, 4) is 12.1 Å². The van der Waals surface area contributed by atoms with Crippen LogP contribution in [0.1, 0.15) is 37.0 Å². The largest absolute Gasteiger partial charge is 0.493 e. The molecule has 0 radical (unpaired) electrons. The Hall–Kier alpha value is -3.04. The molecule has 1 heterocycles. The van der Waals surface area contributed by atoms with Gasteiger partial charge in [0.2, 0.25) is 0 Å². The fraction of sp³-hybridized carbons (Fsp3) is 0.375. The van der Waals surface area contributed by atoms with Crippen LogP contribution in [-0.2, 0) is 11.2 Å². The summed E-state index contributed by atoms with van der Waals surface area (Å²) in [7, 11) is 0. The lowest BCUT2D eigenvalue weighted by molar-refractivity contribution is 0.174. The van der Waals surface area contributed by atoms with Gasteiger partial charge in [-0.25, -0.2) is 0 Å². The van der Waals surface area contributed by atoms with Crippen molar-refractivity contribution in [2.24, 2.45) is 5.92 Å². The van der Waals surface area contributed by atoms with Crippen LogP contribution in [0.5, 0.6) is 0 Å². The smallest absolute Gasteiger partial charge is 0.126 e. The van der Waals surface area contributed by atoms with Gasteiger partial charge < -0.3 is 4.74 Å². The average molecular weight is 371 g/mol. The van der Waals surface area contributed by atoms with Crippen molar-refractivity contribution in [3.05, 3.63) is 76.3 Å². The lowest BCUT2D eigenvalue weighted by Gasteiger charge is -2.21. The molecule has 1 saturated heterocycles. The zero-order valence-electron chi connectivity index (χ0n) is 16.5. The molecule has 28 heavy (non-hydrogen) atoms. The van der Waals surface area contributed by atoms with E-state index in [1.807, 2.05) is 43.4 Å². The Balaban J connectivity index is 1.53. The highest BCUT2D eigenvalue weighted by Crippen LogP contribution is 2.24. The molecule has 4 heteroatoms. The van der Waals surface area contributed by atoms with Gasteiger partial charge in [0.25, 0.3) is 0 Å². The van der Waals surface area contributed by atoms with Crippen LogP contribution in [0.2, 0.25) is 0 Å². The molecule has 0 spiro atoms. The number of nitriles is 2. The van der Waals surface area contributed by atoms with Gasteiger partial charge in [-0.1, -0.05) is 6.08 Å². The molecule has 142 valence electrons. The summed E-state index contributed by atoms with van der Waals surface area (Å²) < 4.78 is 5.99. The molecule has 2 atom stereocenters. The van der Waals surface area contributed by atoms with Gasteiger partial charge in [-0.3, -0.25) is 4.90 Å². The van der Waals surface area contributed by atoms with Crippen LogP contribution in [0.3, 0.4) is 0 Å². The first kappa shape index (κ1) is 19.7. The number of benzene rings is 1. The summed E-state index contributed by atoms with van der Waals surface area (Å²) in [5, 5.41) is 18.3. The van der Waals surface area contributed by atoms with E-state index in [1.165, 1.54) is 0 Å². The van der Waals surface area contributed by atoms with Gasteiger partial charge in [-0.15, -0.1) is 5.73 Å². The highest BCUT2D eigenvalue weighted by Gasteiger charge is 2.29. The van der Waals surface area contributed by atoms with E-state index in [9.17, 15) is 0 Å². The maximum atomic E-state index is 9.14. The molecule has 4 nitrogen and oxygen atoms in total. The molecule has 3 rings (SSSR count). The van der Waals surface area contributed by atoms with Crippen molar-refractivity contribution in [3.63, 3.8) is 0 Å². The maximum Gasteiger partial charge on any atom is 0.126 e. The Morgan fingerprint density at radius 1 is 1.14 bits per heavy atom. The third-order valence-corrected chi connectivity index (χ3v) is 5.26. The number of likely N-dealkylation sites (tertiary alicyclic amines) is 1. The number of hydrogen-bond acceptors (Lipinski definition) is 4. The molecule has 0 saturated carbocycles. The van der Waals surface area contributed by atoms with E-state index in [-0.39, 0.29) is 0 Å². The summed E-state index contributed by atoms with van der Waals surface area (Å²) in [6.07, 6.45) is 9.83. The third-order valence-electron chi connectivity index (χ3n) is 5.26. The van der Waals surface area contributed by atoms with Crippen molar-refractivity contribution < 1.29 is 4.74 Å². The number of hydrogen-bond donors (Lipinski definition) is 0. The fourth-order valence-electron chi connectivity index (χ4n) is 3.76. The van der Waals surface area contributed by atoms with E-state index in [0.29, 0.717) is 29.7 Å². The van der Waals surface area contributed by atoms with Crippen molar-refractivity contribution in [2.75, 3.05) is 19.7 Å². The molecule has 1 aliphatic carbocycles. The van der Waals surface area contributed by atoms with Crippen LogP contribution in [0, 0.1) is 28.6 Å². The molecule has 2 aliphatic rings. The molecule has 1 fully saturated rings. The first-order chi connectivity index (χ1) is 13.6. The highest BCUT2D eigenvalue weighted by atomic mass is 16.5. The quantitative estimate of drug-likeness (QED) is 0.701. The molecule has 0 aromatic heterocycles. The molecule has 1 aromatic rings. The number of rotatable bonds is 6. The molecule has 0 amide bonds. The van der Waals surface area contributed by atoms with Crippen molar-refractivity contribution >= 4 is 0 Å². The minimum absolute atomic E-state index is 0.502. The van der Waals surface area contributed by atoms with Crippen LogP contribution >= 0.6 is 0 Å². The van der Waals surface area contributed by atoms with Gasteiger partial charge in [0, 0.05) is 31.1 Å². The topological polar surface area (TPSA) is 60.0 Å². The Labute approximate surface area is 167 Å². The second-order valence-electron chi connectivity index (χ2n) is 7.58. The van der Waals surface area contributed by atoms with Gasteiger partial charge >= 0.3 is 0 Å². The summed E-state index contributed by atoms with van der Waals surface area (Å²) >= 11 is 0. The van der Waals surface area contributed by atoms with Crippen molar-refractivity contribution in [1.29, 1.82) is 10.5 Å². The van der Waals surface area contributed by atoms with E-state index in [2.05, 4.69) is 29.7 Å². The molecular weight excluding hydrogens is 346 g/mol. The highest BCUT2D eigenvalue weighted by molar-refractivity contribution is 5.42. The minimum Gasteiger partial charge on any atom is -0.493 e. The molecule has 0 N–H and O–H groups in total. The standard InChI is InChI=1S/C24H25N3O/c1-18-4-3-5-24(7-6-18)28-17-23-10-19(2)27(16-23)9-8-20-11-21(14-25)13-22(12-20)15-26/h4-7,11-13,19,23H,8-10,16-17H2,1-2H3/t19-,23+/m1/s1. The van der Waals surface area contributed by atoms with Gasteiger partial charge in [-0.2, -0.15) is 10.5 Å². The second kappa shape index (κ2) is 9.25. The Kier molecular flexibility index (Phi) is 6.51. The molecule has 0 unspecified atom stereocenters. The van der Waals surface area contributed by atoms with Crippen LogP contribution < -0.4 is 0 Å². The lowest BCUT2D eigenvalue weighted by Crippen LogP contribution is -2.29. The summed E-state index contributed by atoms with van der Waals surface area (Å²) in [5.74, 6) is 1.36. The summed E-state index contributed by atoms with van der Waals surface area (Å²) in [4.78, 5) is 2.47. The molecular formula is C24H25N3O. The first-order valence-corrected chi connectivity index (χ1v) is 9.69. The van der Waals surface area contributed by atoms with Crippen molar-refractivity contribution in [2.45, 2.75) is 32.7 Å².